The summed E-state index contributed by atoms with van der Waals surface area (Å²) in [6.45, 7) is 4.65. The molecule has 0 amide bonds. The number of nitrogens with one attached hydrogen (secondary N) is 2. The highest BCUT2D eigenvalue weighted by Crippen LogP contribution is 2.60. The van der Waals surface area contributed by atoms with Gasteiger partial charge in [-0.3, -0.25) is 0 Å². The van der Waals surface area contributed by atoms with Crippen molar-refractivity contribution in [3.05, 3.63) is 24.2 Å². The Morgan fingerprint density at radius 3 is 2.75 bits per heavy atom. The summed E-state index contributed by atoms with van der Waals surface area (Å²) in [5.74, 6) is 2.79. The molecule has 0 unspecified atom stereocenters. The van der Waals surface area contributed by atoms with Crippen LogP contribution in [-0.4, -0.2) is 19.0 Å². The largest absolute Gasteiger partial charge is 0.467 e. The highest BCUT2D eigenvalue weighted by Gasteiger charge is 2.53. The normalized spacial score (nSPS) is 20.1. The van der Waals surface area contributed by atoms with Crippen LogP contribution in [0.4, 0.5) is 0 Å². The second-order valence-electron chi connectivity index (χ2n) is 5.76. The van der Waals surface area contributed by atoms with E-state index >= 15 is 0 Å². The molecule has 112 valence electrons. The molecule has 2 aliphatic rings. The molecule has 1 heterocycles. The number of furan rings is 1. The molecule has 2 aliphatic carbocycles. The van der Waals surface area contributed by atoms with Gasteiger partial charge >= 0.3 is 0 Å². The van der Waals surface area contributed by atoms with Gasteiger partial charge in [0.05, 0.1) is 6.26 Å². The maximum atomic E-state index is 5.31. The highest BCUT2D eigenvalue weighted by atomic mass is 127. The number of rotatable bonds is 6. The van der Waals surface area contributed by atoms with Gasteiger partial charge in [0.25, 0.3) is 0 Å². The Morgan fingerprint density at radius 1 is 1.40 bits per heavy atom. The zero-order chi connectivity index (χ0) is 13.1. The predicted octanol–water partition coefficient (Wildman–Crippen LogP) is 3.14. The van der Waals surface area contributed by atoms with Crippen LogP contribution in [0.15, 0.2) is 27.8 Å². The zero-order valence-electron chi connectivity index (χ0n) is 12.0. The molecule has 2 fully saturated rings. The number of aliphatic imine (C=N–C) groups is 1. The number of guanidine groups is 1. The first-order valence-corrected chi connectivity index (χ1v) is 7.37. The van der Waals surface area contributed by atoms with Crippen molar-refractivity contribution in [2.45, 2.75) is 39.2 Å². The van der Waals surface area contributed by atoms with Crippen molar-refractivity contribution in [2.75, 3.05) is 13.1 Å². The third kappa shape index (κ3) is 3.90. The van der Waals surface area contributed by atoms with Crippen molar-refractivity contribution < 1.29 is 4.42 Å². The molecule has 2 N–H and O–H groups in total. The lowest BCUT2D eigenvalue weighted by atomic mass is 10.0. The van der Waals surface area contributed by atoms with E-state index in [1.807, 2.05) is 12.1 Å². The lowest BCUT2D eigenvalue weighted by Crippen LogP contribution is -2.40. The van der Waals surface area contributed by atoms with Gasteiger partial charge < -0.3 is 15.1 Å². The van der Waals surface area contributed by atoms with E-state index in [9.17, 15) is 0 Å². The molecule has 1 aromatic heterocycles. The van der Waals surface area contributed by atoms with Gasteiger partial charge in [-0.25, -0.2) is 4.99 Å². The van der Waals surface area contributed by atoms with Gasteiger partial charge in [-0.05, 0) is 56.1 Å². The minimum absolute atomic E-state index is 0. The smallest absolute Gasteiger partial charge is 0.191 e. The van der Waals surface area contributed by atoms with Crippen LogP contribution in [-0.2, 0) is 6.54 Å². The van der Waals surface area contributed by atoms with Crippen LogP contribution in [0.2, 0.25) is 0 Å². The van der Waals surface area contributed by atoms with Crippen LogP contribution in [0, 0.1) is 11.3 Å². The molecule has 0 bridgehead atoms. The molecule has 5 heteroatoms. The van der Waals surface area contributed by atoms with Gasteiger partial charge in [0.2, 0.25) is 0 Å². The van der Waals surface area contributed by atoms with Crippen molar-refractivity contribution in [3.63, 3.8) is 0 Å². The fourth-order valence-corrected chi connectivity index (χ4v) is 2.75. The molecular weight excluding hydrogens is 365 g/mol. The van der Waals surface area contributed by atoms with E-state index in [0.29, 0.717) is 12.0 Å². The Balaban J connectivity index is 0.00000147. The fourth-order valence-electron chi connectivity index (χ4n) is 2.75. The summed E-state index contributed by atoms with van der Waals surface area (Å²) in [5, 5.41) is 6.81. The maximum absolute atomic E-state index is 5.31. The minimum atomic E-state index is 0. The topological polar surface area (TPSA) is 49.6 Å². The SMILES string of the molecule is CCNC(=NCc1ccco1)NCC1(C2CC2)CC1.I. The molecule has 0 saturated heterocycles. The predicted molar refractivity (Wildman–Crippen MR) is 91.3 cm³/mol. The third-order valence-electron chi connectivity index (χ3n) is 4.26. The van der Waals surface area contributed by atoms with E-state index in [1.54, 1.807) is 6.26 Å². The van der Waals surface area contributed by atoms with Crippen LogP contribution in [0.25, 0.3) is 0 Å². The second-order valence-corrected chi connectivity index (χ2v) is 5.76. The average molecular weight is 389 g/mol. The van der Waals surface area contributed by atoms with Gasteiger partial charge in [0.1, 0.15) is 12.3 Å². The molecule has 4 nitrogen and oxygen atoms in total. The maximum Gasteiger partial charge on any atom is 0.191 e. The van der Waals surface area contributed by atoms with E-state index in [0.717, 1.165) is 30.7 Å². The van der Waals surface area contributed by atoms with Crippen molar-refractivity contribution in [3.8, 4) is 0 Å². The summed E-state index contributed by atoms with van der Waals surface area (Å²) in [5.41, 5.74) is 0.598. The fraction of sp³-hybridized carbons (Fsp3) is 0.667. The van der Waals surface area contributed by atoms with Gasteiger partial charge in [0.15, 0.2) is 5.96 Å². The summed E-state index contributed by atoms with van der Waals surface area (Å²) in [7, 11) is 0. The average Bonchev–Trinajstić information content (AvgIpc) is 3.32. The van der Waals surface area contributed by atoms with E-state index < -0.39 is 0 Å². The standard InChI is InChI=1S/C15H23N3O.HI/c1-2-16-14(17-10-13-4-3-9-19-13)18-11-15(7-8-15)12-5-6-12;/h3-4,9,12H,2,5-8,10-11H2,1H3,(H2,16,17,18);1H. The second kappa shape index (κ2) is 6.83. The summed E-state index contributed by atoms with van der Waals surface area (Å²) in [6, 6.07) is 3.86. The Morgan fingerprint density at radius 2 is 2.20 bits per heavy atom. The third-order valence-corrected chi connectivity index (χ3v) is 4.26. The molecule has 0 spiro atoms. The van der Waals surface area contributed by atoms with Crippen molar-refractivity contribution >= 4 is 29.9 Å². The van der Waals surface area contributed by atoms with Crippen LogP contribution < -0.4 is 10.6 Å². The van der Waals surface area contributed by atoms with E-state index in [2.05, 4.69) is 22.5 Å². The number of hydrogen-bond donors (Lipinski definition) is 2. The van der Waals surface area contributed by atoms with Crippen molar-refractivity contribution in [2.24, 2.45) is 16.3 Å². The first-order valence-electron chi connectivity index (χ1n) is 7.37. The Kier molecular flexibility index (Phi) is 5.35. The molecule has 1 aromatic rings. The van der Waals surface area contributed by atoms with Crippen LogP contribution >= 0.6 is 24.0 Å². The summed E-state index contributed by atoms with van der Waals surface area (Å²) in [4.78, 5) is 4.57. The van der Waals surface area contributed by atoms with E-state index in [1.165, 1.54) is 25.7 Å². The molecular formula is C15H24IN3O. The van der Waals surface area contributed by atoms with E-state index in [-0.39, 0.29) is 24.0 Å². The lowest BCUT2D eigenvalue weighted by molar-refractivity contribution is 0.431. The Labute approximate surface area is 137 Å². The number of hydrogen-bond acceptors (Lipinski definition) is 2. The lowest BCUT2D eigenvalue weighted by Gasteiger charge is -2.17. The van der Waals surface area contributed by atoms with Gasteiger partial charge in [0, 0.05) is 13.1 Å². The Bertz CT molecular complexity index is 436. The van der Waals surface area contributed by atoms with E-state index in [4.69, 9.17) is 4.42 Å². The monoisotopic (exact) mass is 389 g/mol. The number of halogens is 1. The quantitative estimate of drug-likeness (QED) is 0.447. The minimum Gasteiger partial charge on any atom is -0.467 e. The van der Waals surface area contributed by atoms with Gasteiger partial charge in [-0.2, -0.15) is 0 Å². The molecule has 0 atom stereocenters. The van der Waals surface area contributed by atoms with Gasteiger partial charge in [-0.15, -0.1) is 24.0 Å². The van der Waals surface area contributed by atoms with Crippen molar-refractivity contribution in [1.29, 1.82) is 0 Å². The van der Waals surface area contributed by atoms with Crippen molar-refractivity contribution in [1.82, 2.24) is 10.6 Å². The molecule has 0 aromatic carbocycles. The summed E-state index contributed by atoms with van der Waals surface area (Å²) >= 11 is 0. The van der Waals surface area contributed by atoms with Crippen LogP contribution in [0.1, 0.15) is 38.4 Å². The Hall–Kier alpha value is -0.720. The van der Waals surface area contributed by atoms with Crippen LogP contribution in [0.3, 0.4) is 0 Å². The number of nitrogens with zero attached hydrogens (tertiary/aromatic N) is 1. The zero-order valence-corrected chi connectivity index (χ0v) is 14.4. The van der Waals surface area contributed by atoms with Gasteiger partial charge in [-0.1, -0.05) is 0 Å². The molecule has 2 saturated carbocycles. The van der Waals surface area contributed by atoms with Crippen LogP contribution in [0.5, 0.6) is 0 Å². The molecule has 0 radical (unpaired) electrons. The molecule has 3 rings (SSSR count). The summed E-state index contributed by atoms with van der Waals surface area (Å²) < 4.78 is 5.31. The first kappa shape index (κ1) is 15.7. The summed E-state index contributed by atoms with van der Waals surface area (Å²) in [6.07, 6.45) is 7.34. The first-order chi connectivity index (χ1) is 9.32. The molecule has 20 heavy (non-hydrogen) atoms. The molecule has 0 aliphatic heterocycles. The highest BCUT2D eigenvalue weighted by molar-refractivity contribution is 14.0.